The number of likely N-dealkylation sites (N-methyl/N-ethyl adjacent to an activating group) is 1. The Morgan fingerprint density at radius 3 is 2.40 bits per heavy atom. The molecule has 0 spiro atoms. The molecule has 0 aromatic heterocycles. The second-order valence-corrected chi connectivity index (χ2v) is 5.29. The molecule has 90 valence electrons. The van der Waals surface area contributed by atoms with E-state index in [-0.39, 0.29) is 12.1 Å². The van der Waals surface area contributed by atoms with E-state index in [4.69, 9.17) is 0 Å². The monoisotopic (exact) mass is 214 g/mol. The van der Waals surface area contributed by atoms with E-state index in [2.05, 4.69) is 31.2 Å². The predicted octanol–water partition coefficient (Wildman–Crippen LogP) is 1.08. The third kappa shape index (κ3) is 3.74. The fourth-order valence-electron chi connectivity index (χ4n) is 2.46. The lowest BCUT2D eigenvalue weighted by molar-refractivity contribution is 0.118. The topological polar surface area (TPSA) is 35.5 Å². The molecule has 0 amide bonds. The van der Waals surface area contributed by atoms with E-state index in [1.54, 1.807) is 0 Å². The Balaban J connectivity index is 2.37. The molecule has 1 fully saturated rings. The molecule has 1 atom stereocenters. The average molecular weight is 214 g/mol. The van der Waals surface area contributed by atoms with E-state index in [0.717, 1.165) is 13.1 Å². The number of aliphatic hydroxyl groups excluding tert-OH is 1. The van der Waals surface area contributed by atoms with Gasteiger partial charge in [-0.05, 0) is 39.8 Å². The summed E-state index contributed by atoms with van der Waals surface area (Å²) in [5.41, 5.74) is -0.0630. The highest BCUT2D eigenvalue weighted by Crippen LogP contribution is 2.33. The fourth-order valence-corrected chi connectivity index (χ4v) is 2.46. The first-order chi connectivity index (χ1) is 7.08. The molecule has 0 radical (unpaired) electrons. The maximum atomic E-state index is 9.53. The van der Waals surface area contributed by atoms with Gasteiger partial charge in [-0.2, -0.15) is 0 Å². The molecule has 0 bridgehead atoms. The maximum absolute atomic E-state index is 9.53. The van der Waals surface area contributed by atoms with Crippen LogP contribution in [0.4, 0.5) is 0 Å². The third-order valence-electron chi connectivity index (χ3n) is 3.67. The molecular weight excluding hydrogens is 188 g/mol. The molecule has 0 aromatic rings. The molecule has 1 aliphatic carbocycles. The largest absolute Gasteiger partial charge is 0.394 e. The van der Waals surface area contributed by atoms with Crippen LogP contribution in [-0.2, 0) is 0 Å². The van der Waals surface area contributed by atoms with E-state index in [9.17, 15) is 5.11 Å². The highest BCUT2D eigenvalue weighted by molar-refractivity contribution is 4.92. The van der Waals surface area contributed by atoms with E-state index < -0.39 is 0 Å². The first kappa shape index (κ1) is 12.9. The minimum Gasteiger partial charge on any atom is -0.394 e. The molecule has 0 saturated heterocycles. The third-order valence-corrected chi connectivity index (χ3v) is 3.67. The molecule has 2 N–H and O–H groups in total. The van der Waals surface area contributed by atoms with Crippen molar-refractivity contribution in [3.05, 3.63) is 0 Å². The van der Waals surface area contributed by atoms with Crippen molar-refractivity contribution in [2.45, 2.75) is 38.1 Å². The van der Waals surface area contributed by atoms with Gasteiger partial charge in [0, 0.05) is 18.6 Å². The van der Waals surface area contributed by atoms with Gasteiger partial charge in [-0.15, -0.1) is 0 Å². The first-order valence-corrected chi connectivity index (χ1v) is 6.09. The Labute approximate surface area is 93.9 Å². The van der Waals surface area contributed by atoms with Crippen molar-refractivity contribution in [1.82, 2.24) is 10.2 Å². The number of hydrogen-bond donors (Lipinski definition) is 2. The zero-order chi connectivity index (χ0) is 11.3. The van der Waals surface area contributed by atoms with Crippen molar-refractivity contribution in [2.24, 2.45) is 5.92 Å². The smallest absolute Gasteiger partial charge is 0.0613 e. The summed E-state index contributed by atoms with van der Waals surface area (Å²) in [6.07, 6.45) is 5.20. The van der Waals surface area contributed by atoms with Gasteiger partial charge in [-0.3, -0.25) is 0 Å². The molecule has 0 aliphatic heterocycles. The second kappa shape index (κ2) is 5.83. The van der Waals surface area contributed by atoms with Crippen LogP contribution >= 0.6 is 0 Å². The van der Waals surface area contributed by atoms with Crippen molar-refractivity contribution in [1.29, 1.82) is 0 Å². The van der Waals surface area contributed by atoms with Crippen LogP contribution in [-0.4, -0.2) is 49.3 Å². The summed E-state index contributed by atoms with van der Waals surface area (Å²) < 4.78 is 0. The lowest BCUT2D eigenvalue weighted by Crippen LogP contribution is -2.52. The van der Waals surface area contributed by atoms with Gasteiger partial charge >= 0.3 is 0 Å². The summed E-state index contributed by atoms with van der Waals surface area (Å²) in [7, 11) is 4.15. The lowest BCUT2D eigenvalue weighted by Gasteiger charge is -2.35. The highest BCUT2D eigenvalue weighted by atomic mass is 16.3. The number of hydrogen-bond acceptors (Lipinski definition) is 3. The summed E-state index contributed by atoms with van der Waals surface area (Å²) in [5.74, 6) is 0.657. The van der Waals surface area contributed by atoms with E-state index in [1.807, 2.05) is 0 Å². The molecule has 1 unspecified atom stereocenters. The standard InChI is InChI=1S/C12H26N2O/c1-12(10-15,11-6-4-5-7-11)13-8-9-14(2)3/h11,13,15H,4-10H2,1-3H3. The predicted molar refractivity (Wildman–Crippen MR) is 64.0 cm³/mol. The van der Waals surface area contributed by atoms with E-state index in [1.165, 1.54) is 25.7 Å². The number of nitrogens with one attached hydrogen (secondary N) is 1. The van der Waals surface area contributed by atoms with Crippen LogP contribution in [0, 0.1) is 5.92 Å². The molecular formula is C12H26N2O. The molecule has 15 heavy (non-hydrogen) atoms. The van der Waals surface area contributed by atoms with Crippen molar-refractivity contribution in [3.63, 3.8) is 0 Å². The van der Waals surface area contributed by atoms with Gasteiger partial charge < -0.3 is 15.3 Å². The molecule has 0 aromatic carbocycles. The number of nitrogens with zero attached hydrogens (tertiary/aromatic N) is 1. The summed E-state index contributed by atoms with van der Waals surface area (Å²) in [6, 6.07) is 0. The minimum atomic E-state index is -0.0630. The SMILES string of the molecule is CN(C)CCNC(C)(CO)C1CCCC1. The zero-order valence-corrected chi connectivity index (χ0v) is 10.4. The van der Waals surface area contributed by atoms with Crippen molar-refractivity contribution < 1.29 is 5.11 Å². The van der Waals surface area contributed by atoms with Crippen LogP contribution < -0.4 is 5.32 Å². The zero-order valence-electron chi connectivity index (χ0n) is 10.4. The summed E-state index contributed by atoms with van der Waals surface area (Å²) in [4.78, 5) is 2.17. The summed E-state index contributed by atoms with van der Waals surface area (Å²) >= 11 is 0. The van der Waals surface area contributed by atoms with E-state index >= 15 is 0 Å². The van der Waals surface area contributed by atoms with Gasteiger partial charge in [0.05, 0.1) is 6.61 Å². The highest BCUT2D eigenvalue weighted by Gasteiger charge is 2.34. The number of aliphatic hydroxyl groups is 1. The molecule has 3 nitrogen and oxygen atoms in total. The van der Waals surface area contributed by atoms with Crippen molar-refractivity contribution in [2.75, 3.05) is 33.8 Å². The Morgan fingerprint density at radius 1 is 1.33 bits per heavy atom. The Kier molecular flexibility index (Phi) is 5.03. The maximum Gasteiger partial charge on any atom is 0.0613 e. The summed E-state index contributed by atoms with van der Waals surface area (Å²) in [5, 5.41) is 13.1. The molecule has 1 rings (SSSR count). The van der Waals surface area contributed by atoms with Crippen molar-refractivity contribution >= 4 is 0 Å². The average Bonchev–Trinajstić information content (AvgIpc) is 2.70. The molecule has 3 heteroatoms. The van der Waals surface area contributed by atoms with E-state index in [0.29, 0.717) is 5.92 Å². The summed E-state index contributed by atoms with van der Waals surface area (Å²) in [6.45, 7) is 4.41. The second-order valence-electron chi connectivity index (χ2n) is 5.29. The van der Waals surface area contributed by atoms with Crippen LogP contribution in [0.2, 0.25) is 0 Å². The Morgan fingerprint density at radius 2 is 1.93 bits per heavy atom. The molecule has 0 heterocycles. The van der Waals surface area contributed by atoms with Crippen LogP contribution in [0.5, 0.6) is 0 Å². The quantitative estimate of drug-likeness (QED) is 0.694. The van der Waals surface area contributed by atoms with Gasteiger partial charge in [-0.1, -0.05) is 12.8 Å². The normalized spacial score (nSPS) is 22.2. The number of rotatable bonds is 6. The Bertz CT molecular complexity index is 178. The molecule has 1 aliphatic rings. The van der Waals surface area contributed by atoms with Crippen LogP contribution in [0.3, 0.4) is 0 Å². The fraction of sp³-hybridized carbons (Fsp3) is 1.00. The van der Waals surface area contributed by atoms with Crippen molar-refractivity contribution in [3.8, 4) is 0 Å². The van der Waals surface area contributed by atoms with Gasteiger partial charge in [0.2, 0.25) is 0 Å². The Hall–Kier alpha value is -0.120. The van der Waals surface area contributed by atoms with Crippen LogP contribution in [0.1, 0.15) is 32.6 Å². The lowest BCUT2D eigenvalue weighted by atomic mass is 9.85. The minimum absolute atomic E-state index is 0.0630. The van der Waals surface area contributed by atoms with Crippen LogP contribution in [0.15, 0.2) is 0 Å². The van der Waals surface area contributed by atoms with Gasteiger partial charge in [0.25, 0.3) is 0 Å². The van der Waals surface area contributed by atoms with Gasteiger partial charge in [0.15, 0.2) is 0 Å². The van der Waals surface area contributed by atoms with Gasteiger partial charge in [-0.25, -0.2) is 0 Å². The van der Waals surface area contributed by atoms with Gasteiger partial charge in [0.1, 0.15) is 0 Å². The first-order valence-electron chi connectivity index (χ1n) is 6.09. The molecule has 1 saturated carbocycles. The van der Waals surface area contributed by atoms with Crippen LogP contribution in [0.25, 0.3) is 0 Å².